The molecule has 0 aliphatic carbocycles. The highest BCUT2D eigenvalue weighted by Crippen LogP contribution is 2.29. The first-order valence-electron chi connectivity index (χ1n) is 7.56. The largest absolute Gasteiger partial charge is 0.332 e. The van der Waals surface area contributed by atoms with E-state index >= 15 is 0 Å². The Morgan fingerprint density at radius 2 is 1.57 bits per heavy atom. The highest BCUT2D eigenvalue weighted by molar-refractivity contribution is 7.80. The number of benzene rings is 2. The molecule has 120 valence electrons. The lowest BCUT2D eigenvalue weighted by Gasteiger charge is -2.23. The molecule has 2 aromatic rings. The number of anilines is 2. The standard InChI is InChI=1S/C19H22N2OS/c1-13(22)14-9-11-15(12-10-14)20-18(23)21-17-8-6-5-7-16(17)19(2,3)4/h5-12H,1-4H3,(H2,20,21,23). The predicted molar refractivity (Wildman–Crippen MR) is 101 cm³/mol. The molecule has 0 bridgehead atoms. The lowest BCUT2D eigenvalue weighted by Crippen LogP contribution is -2.22. The van der Waals surface area contributed by atoms with Crippen LogP contribution in [0.2, 0.25) is 0 Å². The van der Waals surface area contributed by atoms with Gasteiger partial charge in [-0.3, -0.25) is 4.79 Å². The molecule has 0 heterocycles. The fourth-order valence-corrected chi connectivity index (χ4v) is 2.55. The normalized spacial score (nSPS) is 11.0. The number of hydrogen-bond acceptors (Lipinski definition) is 2. The van der Waals surface area contributed by atoms with E-state index in [1.54, 1.807) is 19.1 Å². The number of rotatable bonds is 3. The van der Waals surface area contributed by atoms with Crippen molar-refractivity contribution in [3.63, 3.8) is 0 Å². The van der Waals surface area contributed by atoms with Gasteiger partial charge in [0, 0.05) is 16.9 Å². The highest BCUT2D eigenvalue weighted by Gasteiger charge is 2.17. The van der Waals surface area contributed by atoms with Gasteiger partial charge in [0.2, 0.25) is 0 Å². The number of carbonyl (C=O) groups is 1. The quantitative estimate of drug-likeness (QED) is 0.615. The second-order valence-electron chi connectivity index (χ2n) is 6.51. The minimum absolute atomic E-state index is 0.0301. The molecule has 0 saturated carbocycles. The van der Waals surface area contributed by atoms with Crippen LogP contribution in [0.5, 0.6) is 0 Å². The van der Waals surface area contributed by atoms with E-state index in [0.717, 1.165) is 11.4 Å². The molecule has 23 heavy (non-hydrogen) atoms. The SMILES string of the molecule is CC(=O)c1ccc(NC(=S)Nc2ccccc2C(C)(C)C)cc1. The van der Waals surface area contributed by atoms with Crippen LogP contribution in [0.1, 0.15) is 43.6 Å². The topological polar surface area (TPSA) is 41.1 Å². The Balaban J connectivity index is 2.10. The molecular formula is C19H22N2OS. The zero-order chi connectivity index (χ0) is 17.0. The Bertz CT molecular complexity index is 715. The predicted octanol–water partition coefficient (Wildman–Crippen LogP) is 5.00. The zero-order valence-electron chi connectivity index (χ0n) is 13.9. The lowest BCUT2D eigenvalue weighted by atomic mass is 9.86. The van der Waals surface area contributed by atoms with Crippen LogP contribution < -0.4 is 10.6 Å². The molecule has 0 fully saturated rings. The van der Waals surface area contributed by atoms with Crippen LogP contribution in [-0.2, 0) is 5.41 Å². The van der Waals surface area contributed by atoms with Gasteiger partial charge >= 0.3 is 0 Å². The third kappa shape index (κ3) is 4.63. The first-order valence-corrected chi connectivity index (χ1v) is 7.97. The molecule has 3 nitrogen and oxygen atoms in total. The Kier molecular flexibility index (Phi) is 5.16. The van der Waals surface area contributed by atoms with Gasteiger partial charge in [-0.05, 0) is 60.5 Å². The molecule has 2 rings (SSSR count). The fourth-order valence-electron chi connectivity index (χ4n) is 2.32. The number of para-hydroxylation sites is 1. The van der Waals surface area contributed by atoms with E-state index in [1.165, 1.54) is 5.56 Å². The molecule has 0 amide bonds. The Hall–Kier alpha value is -2.20. The second-order valence-corrected chi connectivity index (χ2v) is 6.92. The molecule has 4 heteroatoms. The molecule has 0 atom stereocenters. The summed E-state index contributed by atoms with van der Waals surface area (Å²) in [5.74, 6) is 0.0522. The van der Waals surface area contributed by atoms with Crippen molar-refractivity contribution in [2.24, 2.45) is 0 Å². The van der Waals surface area contributed by atoms with Crippen LogP contribution in [0.15, 0.2) is 48.5 Å². The molecule has 2 aromatic carbocycles. The molecule has 0 radical (unpaired) electrons. The molecule has 0 aromatic heterocycles. The number of Topliss-reactive ketones (excluding diaryl/α,β-unsaturated/α-hetero) is 1. The summed E-state index contributed by atoms with van der Waals surface area (Å²) < 4.78 is 0. The van der Waals surface area contributed by atoms with Crippen molar-refractivity contribution >= 4 is 34.5 Å². The van der Waals surface area contributed by atoms with Crippen molar-refractivity contribution in [2.75, 3.05) is 10.6 Å². The molecule has 0 aliphatic rings. The maximum Gasteiger partial charge on any atom is 0.175 e. The van der Waals surface area contributed by atoms with Crippen molar-refractivity contribution in [2.45, 2.75) is 33.1 Å². The fraction of sp³-hybridized carbons (Fsp3) is 0.263. The zero-order valence-corrected chi connectivity index (χ0v) is 14.8. The number of nitrogens with one attached hydrogen (secondary N) is 2. The van der Waals surface area contributed by atoms with E-state index in [2.05, 4.69) is 37.5 Å². The van der Waals surface area contributed by atoms with Crippen LogP contribution in [-0.4, -0.2) is 10.9 Å². The number of ketones is 1. The average molecular weight is 326 g/mol. The van der Waals surface area contributed by atoms with E-state index in [0.29, 0.717) is 10.7 Å². The summed E-state index contributed by atoms with van der Waals surface area (Å²) in [5, 5.41) is 6.93. The van der Waals surface area contributed by atoms with Gasteiger partial charge in [0.25, 0.3) is 0 Å². The maximum absolute atomic E-state index is 11.3. The van der Waals surface area contributed by atoms with Gasteiger partial charge in [-0.25, -0.2) is 0 Å². The van der Waals surface area contributed by atoms with Crippen LogP contribution in [0, 0.1) is 0 Å². The van der Waals surface area contributed by atoms with Crippen molar-refractivity contribution in [3.8, 4) is 0 Å². The smallest absolute Gasteiger partial charge is 0.175 e. The summed E-state index contributed by atoms with van der Waals surface area (Å²) in [7, 11) is 0. The van der Waals surface area contributed by atoms with Gasteiger partial charge in [0.15, 0.2) is 10.9 Å². The van der Waals surface area contributed by atoms with E-state index in [1.807, 2.05) is 30.3 Å². The minimum atomic E-state index is 0.0301. The Labute approximate surface area is 143 Å². The molecule has 2 N–H and O–H groups in total. The number of hydrogen-bond donors (Lipinski definition) is 2. The summed E-state index contributed by atoms with van der Waals surface area (Å²) >= 11 is 5.40. The summed E-state index contributed by atoms with van der Waals surface area (Å²) in [6.07, 6.45) is 0. The van der Waals surface area contributed by atoms with Crippen molar-refractivity contribution in [3.05, 3.63) is 59.7 Å². The van der Waals surface area contributed by atoms with Gasteiger partial charge in [0.1, 0.15) is 0 Å². The monoisotopic (exact) mass is 326 g/mol. The van der Waals surface area contributed by atoms with Crippen molar-refractivity contribution in [1.82, 2.24) is 0 Å². The van der Waals surface area contributed by atoms with Crippen LogP contribution in [0.3, 0.4) is 0 Å². The first kappa shape index (κ1) is 17.2. The van der Waals surface area contributed by atoms with E-state index < -0.39 is 0 Å². The average Bonchev–Trinajstić information content (AvgIpc) is 2.47. The molecule has 0 saturated heterocycles. The van der Waals surface area contributed by atoms with Crippen LogP contribution in [0.25, 0.3) is 0 Å². The first-order chi connectivity index (χ1) is 10.8. The third-order valence-corrected chi connectivity index (χ3v) is 3.74. The highest BCUT2D eigenvalue weighted by atomic mass is 32.1. The van der Waals surface area contributed by atoms with Gasteiger partial charge in [0.05, 0.1) is 0 Å². The van der Waals surface area contributed by atoms with Gasteiger partial charge in [-0.15, -0.1) is 0 Å². The lowest BCUT2D eigenvalue weighted by molar-refractivity contribution is 0.101. The number of carbonyl (C=O) groups excluding carboxylic acids is 1. The Morgan fingerprint density at radius 3 is 2.13 bits per heavy atom. The van der Waals surface area contributed by atoms with E-state index in [-0.39, 0.29) is 11.2 Å². The van der Waals surface area contributed by atoms with Gasteiger partial charge in [-0.2, -0.15) is 0 Å². The summed E-state index contributed by atoms with van der Waals surface area (Å²) in [5.41, 5.74) is 3.77. The van der Waals surface area contributed by atoms with Crippen molar-refractivity contribution in [1.29, 1.82) is 0 Å². The van der Waals surface area contributed by atoms with E-state index in [9.17, 15) is 4.79 Å². The molecule has 0 spiro atoms. The second kappa shape index (κ2) is 6.92. The van der Waals surface area contributed by atoms with Crippen molar-refractivity contribution < 1.29 is 4.79 Å². The minimum Gasteiger partial charge on any atom is -0.332 e. The van der Waals surface area contributed by atoms with Crippen LogP contribution in [0.4, 0.5) is 11.4 Å². The third-order valence-electron chi connectivity index (χ3n) is 3.53. The summed E-state index contributed by atoms with van der Waals surface area (Å²) in [6, 6.07) is 15.4. The summed E-state index contributed by atoms with van der Waals surface area (Å²) in [6.45, 7) is 8.07. The number of thiocarbonyl (C=S) groups is 1. The Morgan fingerprint density at radius 1 is 0.957 bits per heavy atom. The maximum atomic E-state index is 11.3. The van der Waals surface area contributed by atoms with Crippen LogP contribution >= 0.6 is 12.2 Å². The summed E-state index contributed by atoms with van der Waals surface area (Å²) in [4.78, 5) is 11.3. The molecule has 0 aliphatic heterocycles. The molecule has 0 unspecified atom stereocenters. The molecular weight excluding hydrogens is 304 g/mol. The van der Waals surface area contributed by atoms with Gasteiger partial charge in [-0.1, -0.05) is 39.0 Å². The van der Waals surface area contributed by atoms with E-state index in [4.69, 9.17) is 12.2 Å². The van der Waals surface area contributed by atoms with Gasteiger partial charge < -0.3 is 10.6 Å².